The molecule has 2 aliphatic heterocycles. The van der Waals surface area contributed by atoms with Gasteiger partial charge in [0.1, 0.15) is 6.07 Å². The van der Waals surface area contributed by atoms with Crippen LogP contribution in [0.2, 0.25) is 0 Å². The molecular formula is C34H36F2N8O6. The lowest BCUT2D eigenvalue weighted by atomic mass is 10.0. The quantitative estimate of drug-likeness (QED) is 0.209. The molecule has 0 saturated carbocycles. The molecule has 0 bridgehead atoms. The first kappa shape index (κ1) is 35.6. The van der Waals surface area contributed by atoms with Gasteiger partial charge in [0.25, 0.3) is 12.4 Å². The highest BCUT2D eigenvalue weighted by atomic mass is 19.2. The average molecular weight is 691 g/mol. The van der Waals surface area contributed by atoms with Crippen molar-refractivity contribution in [1.82, 2.24) is 29.5 Å². The molecule has 2 aromatic heterocycles. The van der Waals surface area contributed by atoms with Crippen molar-refractivity contribution in [2.75, 3.05) is 38.0 Å². The number of aromatic nitrogens is 3. The standard InChI is InChI=1S/C33H34F2N8O4.CH2O2/c1-19-14-21(4-5-22(19)31(44)41-10-12-42(13-11-41)32(45)24-15-33(3,46)18-39-24)40-29-30-38-17-25(43(30)9-8-37-29)23-6-7-26(28(35)27(23)34)47-20(2)16-36;2-1-3/h4-9,14,17,20,24,39,46H,10-13,15,18H2,1-3H3,(H,37,40);1H,(H,2,3)/t20-,24+,33+;/m1./s1. The Kier molecular flexibility index (Phi) is 10.6. The van der Waals surface area contributed by atoms with Crippen molar-refractivity contribution in [2.24, 2.45) is 0 Å². The van der Waals surface area contributed by atoms with Crippen molar-refractivity contribution in [3.63, 3.8) is 0 Å². The summed E-state index contributed by atoms with van der Waals surface area (Å²) in [5, 5.41) is 32.3. The second kappa shape index (κ2) is 14.8. The second-order valence-electron chi connectivity index (χ2n) is 12.3. The largest absolute Gasteiger partial charge is 0.483 e. The third-order valence-corrected chi connectivity index (χ3v) is 8.51. The maximum absolute atomic E-state index is 15.1. The predicted molar refractivity (Wildman–Crippen MR) is 177 cm³/mol. The van der Waals surface area contributed by atoms with Gasteiger partial charge < -0.3 is 35.4 Å². The Bertz CT molecular complexity index is 1950. The van der Waals surface area contributed by atoms with E-state index in [2.05, 4.69) is 20.6 Å². The minimum absolute atomic E-state index is 0.0450. The molecule has 2 amide bonds. The highest BCUT2D eigenvalue weighted by molar-refractivity contribution is 5.96. The summed E-state index contributed by atoms with van der Waals surface area (Å²) in [5.74, 6) is -2.52. The first-order valence-corrected chi connectivity index (χ1v) is 15.7. The van der Waals surface area contributed by atoms with E-state index >= 15 is 4.39 Å². The van der Waals surface area contributed by atoms with E-state index in [0.717, 1.165) is 5.56 Å². The van der Waals surface area contributed by atoms with Gasteiger partial charge in [0.05, 0.1) is 23.5 Å². The minimum Gasteiger partial charge on any atom is -0.483 e. The fourth-order valence-corrected chi connectivity index (χ4v) is 5.98. The molecule has 2 aliphatic rings. The Labute approximate surface area is 285 Å². The number of carbonyl (C=O) groups is 3. The molecule has 3 atom stereocenters. The molecule has 0 unspecified atom stereocenters. The molecule has 50 heavy (non-hydrogen) atoms. The SMILES string of the molecule is Cc1cc(Nc2nccn3c(-c4ccc(O[C@H](C)C#N)c(F)c4F)cnc23)ccc1C(=O)N1CCN(C(=O)[C@@H]2C[C@](C)(O)CN2)CC1.O=CO. The van der Waals surface area contributed by atoms with Crippen LogP contribution in [0.25, 0.3) is 16.9 Å². The van der Waals surface area contributed by atoms with Crippen LogP contribution in [0.5, 0.6) is 5.75 Å². The molecule has 4 heterocycles. The van der Waals surface area contributed by atoms with E-state index in [4.69, 9.17) is 19.9 Å². The molecule has 0 aliphatic carbocycles. The molecule has 0 spiro atoms. The number of ether oxygens (including phenoxy) is 1. The maximum Gasteiger partial charge on any atom is 0.290 e. The number of imidazole rings is 1. The molecule has 16 heteroatoms. The number of amides is 2. The summed E-state index contributed by atoms with van der Waals surface area (Å²) in [4.78, 5) is 46.9. The van der Waals surface area contributed by atoms with Crippen molar-refractivity contribution in [1.29, 1.82) is 5.26 Å². The van der Waals surface area contributed by atoms with E-state index in [9.17, 15) is 19.1 Å². The van der Waals surface area contributed by atoms with Gasteiger partial charge >= 0.3 is 0 Å². The van der Waals surface area contributed by atoms with E-state index in [1.165, 1.54) is 31.5 Å². The summed E-state index contributed by atoms with van der Waals surface area (Å²) in [5.41, 5.74) is 1.61. The zero-order valence-corrected chi connectivity index (χ0v) is 27.6. The van der Waals surface area contributed by atoms with Crippen molar-refractivity contribution >= 4 is 35.4 Å². The van der Waals surface area contributed by atoms with Gasteiger partial charge in [0, 0.05) is 68.4 Å². The van der Waals surface area contributed by atoms with E-state index in [0.29, 0.717) is 61.9 Å². The van der Waals surface area contributed by atoms with Crippen LogP contribution in [-0.2, 0) is 9.59 Å². The van der Waals surface area contributed by atoms with Gasteiger partial charge in [-0.15, -0.1) is 0 Å². The number of carbonyl (C=O) groups excluding carboxylic acids is 2. The highest BCUT2D eigenvalue weighted by Gasteiger charge is 2.39. The Morgan fingerprint density at radius 3 is 2.50 bits per heavy atom. The number of carboxylic acid groups (broad SMARTS) is 1. The minimum atomic E-state index is -1.20. The Hall–Kier alpha value is -5.66. The molecule has 2 fully saturated rings. The average Bonchev–Trinajstić information content (AvgIpc) is 3.70. The molecule has 2 aromatic carbocycles. The zero-order valence-electron chi connectivity index (χ0n) is 27.6. The lowest BCUT2D eigenvalue weighted by Gasteiger charge is -2.36. The summed E-state index contributed by atoms with van der Waals surface area (Å²) >= 11 is 0. The van der Waals surface area contributed by atoms with Gasteiger partial charge in [-0.1, -0.05) is 0 Å². The Morgan fingerprint density at radius 2 is 1.86 bits per heavy atom. The lowest BCUT2D eigenvalue weighted by molar-refractivity contribution is -0.135. The zero-order chi connectivity index (χ0) is 36.2. The van der Waals surface area contributed by atoms with Gasteiger partial charge in [-0.3, -0.25) is 18.8 Å². The topological polar surface area (TPSA) is 185 Å². The van der Waals surface area contributed by atoms with E-state index in [-0.39, 0.29) is 35.3 Å². The summed E-state index contributed by atoms with van der Waals surface area (Å²) in [6, 6.07) is 9.33. The number of nitrogens with zero attached hydrogens (tertiary/aromatic N) is 6. The molecule has 14 nitrogen and oxygen atoms in total. The first-order valence-electron chi connectivity index (χ1n) is 15.7. The normalized spacial score (nSPS) is 19.3. The van der Waals surface area contributed by atoms with Gasteiger partial charge in [0.2, 0.25) is 11.7 Å². The predicted octanol–water partition coefficient (Wildman–Crippen LogP) is 3.12. The summed E-state index contributed by atoms with van der Waals surface area (Å²) in [6.45, 7) is 6.74. The van der Waals surface area contributed by atoms with Crippen molar-refractivity contribution in [2.45, 2.75) is 44.9 Å². The van der Waals surface area contributed by atoms with Gasteiger partial charge in [0.15, 0.2) is 29.1 Å². The monoisotopic (exact) mass is 690 g/mol. The van der Waals surface area contributed by atoms with Crippen LogP contribution in [0.15, 0.2) is 48.9 Å². The van der Waals surface area contributed by atoms with E-state index in [1.807, 2.05) is 19.1 Å². The number of aryl methyl sites for hydroxylation is 1. The fraction of sp³-hybridized carbons (Fsp3) is 0.353. The van der Waals surface area contributed by atoms with Crippen LogP contribution in [0.3, 0.4) is 0 Å². The molecular weight excluding hydrogens is 654 g/mol. The van der Waals surface area contributed by atoms with Crippen LogP contribution in [0, 0.1) is 29.9 Å². The van der Waals surface area contributed by atoms with Crippen LogP contribution >= 0.6 is 0 Å². The number of aliphatic hydroxyl groups is 1. The second-order valence-corrected chi connectivity index (χ2v) is 12.3. The number of nitrogens with one attached hydrogen (secondary N) is 2. The number of β-amino-alcohol motifs (C(OH)–C–C–N with tert-alkyl or cyclic N) is 1. The molecule has 2 saturated heterocycles. The fourth-order valence-electron chi connectivity index (χ4n) is 5.98. The van der Waals surface area contributed by atoms with Crippen LogP contribution in [0.4, 0.5) is 20.3 Å². The van der Waals surface area contributed by atoms with Crippen molar-refractivity contribution in [3.05, 3.63) is 71.7 Å². The number of piperazine rings is 1. The first-order chi connectivity index (χ1) is 23.9. The van der Waals surface area contributed by atoms with Crippen molar-refractivity contribution in [3.8, 4) is 23.1 Å². The molecule has 0 radical (unpaired) electrons. The van der Waals surface area contributed by atoms with E-state index < -0.39 is 29.4 Å². The molecule has 262 valence electrons. The number of anilines is 2. The van der Waals surface area contributed by atoms with Crippen molar-refractivity contribution < 1.29 is 38.1 Å². The lowest BCUT2D eigenvalue weighted by Crippen LogP contribution is -2.54. The number of nitriles is 1. The maximum atomic E-state index is 15.1. The summed E-state index contributed by atoms with van der Waals surface area (Å²) in [6.07, 6.45) is 3.90. The summed E-state index contributed by atoms with van der Waals surface area (Å²) < 4.78 is 36.6. The Morgan fingerprint density at radius 1 is 1.16 bits per heavy atom. The third kappa shape index (κ3) is 7.48. The molecule has 4 N–H and O–H groups in total. The number of hydrogen-bond acceptors (Lipinski definition) is 10. The number of halogens is 2. The molecule has 4 aromatic rings. The van der Waals surface area contributed by atoms with Gasteiger partial charge in [-0.25, -0.2) is 14.4 Å². The number of rotatable bonds is 7. The number of fused-ring (bicyclic) bond motifs is 1. The Balaban J connectivity index is 0.00000156. The highest BCUT2D eigenvalue weighted by Crippen LogP contribution is 2.32. The van der Waals surface area contributed by atoms with Crippen LogP contribution < -0.4 is 15.4 Å². The van der Waals surface area contributed by atoms with Gasteiger partial charge in [-0.2, -0.15) is 9.65 Å². The number of hydrogen-bond donors (Lipinski definition) is 4. The van der Waals surface area contributed by atoms with Crippen LogP contribution in [-0.4, -0.2) is 103 Å². The van der Waals surface area contributed by atoms with E-state index in [1.54, 1.807) is 39.5 Å². The summed E-state index contributed by atoms with van der Waals surface area (Å²) in [7, 11) is 0. The smallest absolute Gasteiger partial charge is 0.290 e. The van der Waals surface area contributed by atoms with Gasteiger partial charge in [-0.05, 0) is 56.7 Å². The third-order valence-electron chi connectivity index (χ3n) is 8.51. The molecule has 6 rings (SSSR count). The van der Waals surface area contributed by atoms with Crippen LogP contribution in [0.1, 0.15) is 36.2 Å². The number of benzene rings is 2.